The minimum Gasteiger partial charge on any atom is -0.396 e. The largest absolute Gasteiger partial charge is 0.396 e. The van der Waals surface area contributed by atoms with Crippen molar-refractivity contribution in [3.05, 3.63) is 58.9 Å². The maximum Gasteiger partial charge on any atom is 0.251 e. The molecule has 0 aliphatic carbocycles. The van der Waals surface area contributed by atoms with Crippen molar-refractivity contribution in [3.8, 4) is 0 Å². The predicted molar refractivity (Wildman–Crippen MR) is 87.1 cm³/mol. The molecule has 0 saturated carbocycles. The SMILES string of the molecule is O=C(NCCCO)c1ccc(NCc2cccnc2Cl)cc1. The van der Waals surface area contributed by atoms with Crippen LogP contribution >= 0.6 is 11.6 Å². The van der Waals surface area contributed by atoms with E-state index in [0.29, 0.717) is 30.2 Å². The third-order valence-electron chi connectivity index (χ3n) is 3.09. The molecule has 3 N–H and O–H groups in total. The normalized spacial score (nSPS) is 10.3. The lowest BCUT2D eigenvalue weighted by molar-refractivity contribution is 0.0951. The molecule has 1 aromatic carbocycles. The molecule has 0 unspecified atom stereocenters. The second-order valence-electron chi connectivity index (χ2n) is 4.72. The smallest absolute Gasteiger partial charge is 0.251 e. The lowest BCUT2D eigenvalue weighted by Gasteiger charge is -2.09. The Kier molecular flexibility index (Phi) is 6.18. The molecule has 2 rings (SSSR count). The molecular weight excluding hydrogens is 302 g/mol. The zero-order valence-electron chi connectivity index (χ0n) is 12.1. The number of halogens is 1. The third kappa shape index (κ3) is 4.72. The van der Waals surface area contributed by atoms with Crippen LogP contribution < -0.4 is 10.6 Å². The number of aromatic nitrogens is 1. The van der Waals surface area contributed by atoms with Crippen molar-refractivity contribution >= 4 is 23.2 Å². The molecule has 0 saturated heterocycles. The summed E-state index contributed by atoms with van der Waals surface area (Å²) in [7, 11) is 0. The topological polar surface area (TPSA) is 74.2 Å². The van der Waals surface area contributed by atoms with Crippen molar-refractivity contribution in [3.63, 3.8) is 0 Å². The number of benzene rings is 1. The maximum atomic E-state index is 11.8. The average Bonchev–Trinajstić information content (AvgIpc) is 2.55. The first-order valence-electron chi connectivity index (χ1n) is 7.03. The van der Waals surface area contributed by atoms with Crippen molar-refractivity contribution < 1.29 is 9.90 Å². The van der Waals surface area contributed by atoms with Crippen molar-refractivity contribution in [2.75, 3.05) is 18.5 Å². The second kappa shape index (κ2) is 8.36. The summed E-state index contributed by atoms with van der Waals surface area (Å²) in [5.74, 6) is -0.143. The van der Waals surface area contributed by atoms with Crippen LogP contribution in [0.1, 0.15) is 22.3 Å². The molecule has 0 bridgehead atoms. The Labute approximate surface area is 134 Å². The highest BCUT2D eigenvalue weighted by atomic mass is 35.5. The van der Waals surface area contributed by atoms with Gasteiger partial charge in [-0.05, 0) is 36.8 Å². The van der Waals surface area contributed by atoms with Gasteiger partial charge >= 0.3 is 0 Å². The van der Waals surface area contributed by atoms with Crippen LogP contribution in [0.5, 0.6) is 0 Å². The van der Waals surface area contributed by atoms with E-state index in [1.807, 2.05) is 24.3 Å². The molecule has 2 aromatic rings. The molecule has 0 aliphatic rings. The van der Waals surface area contributed by atoms with Gasteiger partial charge in [0.05, 0.1) is 0 Å². The van der Waals surface area contributed by atoms with E-state index in [-0.39, 0.29) is 12.5 Å². The highest BCUT2D eigenvalue weighted by molar-refractivity contribution is 6.30. The van der Waals surface area contributed by atoms with Gasteiger partial charge in [0.1, 0.15) is 5.15 Å². The lowest BCUT2D eigenvalue weighted by Crippen LogP contribution is -2.24. The van der Waals surface area contributed by atoms with Gasteiger partial charge in [0.2, 0.25) is 0 Å². The standard InChI is InChI=1S/C16H18ClN3O2/c17-15-13(3-1-8-18-15)11-20-14-6-4-12(5-7-14)16(22)19-9-2-10-21/h1,3-8,20-21H,2,9-11H2,(H,19,22). The number of aliphatic hydroxyl groups excluding tert-OH is 1. The van der Waals surface area contributed by atoms with Crippen molar-refractivity contribution in [2.45, 2.75) is 13.0 Å². The van der Waals surface area contributed by atoms with E-state index in [1.165, 1.54) is 0 Å². The minimum atomic E-state index is -0.143. The molecule has 0 fully saturated rings. The maximum absolute atomic E-state index is 11.8. The fourth-order valence-corrected chi connectivity index (χ4v) is 2.06. The van der Waals surface area contributed by atoms with Crippen LogP contribution in [0.25, 0.3) is 0 Å². The van der Waals surface area contributed by atoms with Gasteiger partial charge in [-0.25, -0.2) is 4.98 Å². The Balaban J connectivity index is 1.89. The van der Waals surface area contributed by atoms with E-state index in [4.69, 9.17) is 16.7 Å². The second-order valence-corrected chi connectivity index (χ2v) is 5.08. The molecule has 1 aromatic heterocycles. The van der Waals surface area contributed by atoms with E-state index < -0.39 is 0 Å². The van der Waals surface area contributed by atoms with Gasteiger partial charge in [-0.2, -0.15) is 0 Å². The molecule has 1 heterocycles. The number of aliphatic hydroxyl groups is 1. The van der Waals surface area contributed by atoms with Crippen LogP contribution in [0.15, 0.2) is 42.6 Å². The Hall–Kier alpha value is -2.11. The van der Waals surface area contributed by atoms with Gasteiger partial charge in [0, 0.05) is 42.7 Å². The minimum absolute atomic E-state index is 0.0695. The number of rotatable bonds is 7. The van der Waals surface area contributed by atoms with E-state index in [2.05, 4.69) is 15.6 Å². The number of pyridine rings is 1. The first-order valence-corrected chi connectivity index (χ1v) is 7.41. The highest BCUT2D eigenvalue weighted by Crippen LogP contribution is 2.15. The fraction of sp³-hybridized carbons (Fsp3) is 0.250. The zero-order chi connectivity index (χ0) is 15.8. The number of amides is 1. The zero-order valence-corrected chi connectivity index (χ0v) is 12.8. The van der Waals surface area contributed by atoms with Crippen LogP contribution in [0.2, 0.25) is 5.15 Å². The number of carbonyl (C=O) groups is 1. The molecule has 1 amide bonds. The predicted octanol–water partition coefficient (Wildman–Crippen LogP) is 2.46. The number of carbonyl (C=O) groups excluding carboxylic acids is 1. The molecule has 0 aliphatic heterocycles. The molecular formula is C16H18ClN3O2. The summed E-state index contributed by atoms with van der Waals surface area (Å²) in [5, 5.41) is 15.1. The fourth-order valence-electron chi connectivity index (χ4n) is 1.87. The Morgan fingerprint density at radius 2 is 2.00 bits per heavy atom. The van der Waals surface area contributed by atoms with E-state index in [9.17, 15) is 4.79 Å². The van der Waals surface area contributed by atoms with Crippen LogP contribution in [-0.2, 0) is 6.54 Å². The molecule has 6 heteroatoms. The van der Waals surface area contributed by atoms with Crippen LogP contribution in [0.4, 0.5) is 5.69 Å². The van der Waals surface area contributed by atoms with Gasteiger partial charge in [0.15, 0.2) is 0 Å². The van der Waals surface area contributed by atoms with Gasteiger partial charge in [-0.3, -0.25) is 4.79 Å². The molecule has 22 heavy (non-hydrogen) atoms. The Morgan fingerprint density at radius 1 is 1.23 bits per heavy atom. The van der Waals surface area contributed by atoms with Gasteiger partial charge in [0.25, 0.3) is 5.91 Å². The van der Waals surface area contributed by atoms with Crippen molar-refractivity contribution in [2.24, 2.45) is 0 Å². The summed E-state index contributed by atoms with van der Waals surface area (Å²) >= 11 is 6.00. The number of hydrogen-bond donors (Lipinski definition) is 3. The summed E-state index contributed by atoms with van der Waals surface area (Å²) in [6, 6.07) is 10.9. The lowest BCUT2D eigenvalue weighted by atomic mass is 10.2. The Morgan fingerprint density at radius 3 is 2.68 bits per heavy atom. The van der Waals surface area contributed by atoms with Gasteiger partial charge in [-0.15, -0.1) is 0 Å². The molecule has 0 spiro atoms. The summed E-state index contributed by atoms with van der Waals surface area (Å²) in [6.45, 7) is 1.10. The molecule has 116 valence electrons. The van der Waals surface area contributed by atoms with E-state index in [0.717, 1.165) is 11.3 Å². The summed E-state index contributed by atoms with van der Waals surface area (Å²) in [5.41, 5.74) is 2.39. The third-order valence-corrected chi connectivity index (χ3v) is 3.43. The number of nitrogens with zero attached hydrogens (tertiary/aromatic N) is 1. The number of nitrogens with one attached hydrogen (secondary N) is 2. The first kappa shape index (κ1) is 16.3. The highest BCUT2D eigenvalue weighted by Gasteiger charge is 2.05. The van der Waals surface area contributed by atoms with Crippen molar-refractivity contribution in [1.82, 2.24) is 10.3 Å². The average molecular weight is 320 g/mol. The van der Waals surface area contributed by atoms with Crippen molar-refractivity contribution in [1.29, 1.82) is 0 Å². The first-order chi connectivity index (χ1) is 10.7. The summed E-state index contributed by atoms with van der Waals surface area (Å²) < 4.78 is 0. The summed E-state index contributed by atoms with van der Waals surface area (Å²) in [4.78, 5) is 15.8. The van der Waals surface area contributed by atoms with Crippen LogP contribution in [0.3, 0.4) is 0 Å². The number of hydrogen-bond acceptors (Lipinski definition) is 4. The summed E-state index contributed by atoms with van der Waals surface area (Å²) in [6.07, 6.45) is 2.20. The molecule has 5 nitrogen and oxygen atoms in total. The van der Waals surface area contributed by atoms with Crippen LogP contribution in [0, 0.1) is 0 Å². The van der Waals surface area contributed by atoms with Crippen LogP contribution in [-0.4, -0.2) is 29.1 Å². The van der Waals surface area contributed by atoms with Gasteiger partial charge in [-0.1, -0.05) is 17.7 Å². The van der Waals surface area contributed by atoms with E-state index >= 15 is 0 Å². The molecule has 0 radical (unpaired) electrons. The quantitative estimate of drug-likeness (QED) is 0.541. The molecule has 0 atom stereocenters. The Bertz CT molecular complexity index is 617. The van der Waals surface area contributed by atoms with Gasteiger partial charge < -0.3 is 15.7 Å². The van der Waals surface area contributed by atoms with E-state index in [1.54, 1.807) is 18.3 Å². The monoisotopic (exact) mass is 319 g/mol. The number of anilines is 1.